The van der Waals surface area contributed by atoms with Crippen molar-refractivity contribution in [2.24, 2.45) is 5.73 Å². The molecule has 4 nitrogen and oxygen atoms in total. The van der Waals surface area contributed by atoms with Crippen LogP contribution in [0.1, 0.15) is 26.2 Å². The average Bonchev–Trinajstić information content (AvgIpc) is 2.35. The van der Waals surface area contributed by atoms with E-state index in [0.717, 1.165) is 23.7 Å². The zero-order chi connectivity index (χ0) is 13.6. The highest BCUT2D eigenvalue weighted by atomic mass is 79.9. The van der Waals surface area contributed by atoms with E-state index in [9.17, 15) is 8.42 Å². The molecule has 0 fully saturated rings. The topological polar surface area (TPSA) is 72.2 Å². The van der Waals surface area contributed by atoms with Gasteiger partial charge < -0.3 is 5.73 Å². The van der Waals surface area contributed by atoms with E-state index in [1.54, 1.807) is 24.3 Å². The number of sulfonamides is 1. The first kappa shape index (κ1) is 15.6. The molecule has 3 N–H and O–H groups in total. The summed E-state index contributed by atoms with van der Waals surface area (Å²) in [5.41, 5.74) is 5.59. The number of benzene rings is 1. The highest BCUT2D eigenvalue weighted by Crippen LogP contribution is 2.15. The Bertz CT molecular complexity index is 459. The Balaban J connectivity index is 2.77. The van der Waals surface area contributed by atoms with Crippen molar-refractivity contribution in [3.05, 3.63) is 28.7 Å². The summed E-state index contributed by atoms with van der Waals surface area (Å²) in [7, 11) is -3.47. The largest absolute Gasteiger partial charge is 0.329 e. The number of rotatable bonds is 7. The van der Waals surface area contributed by atoms with Gasteiger partial charge in [0.15, 0.2) is 0 Å². The quantitative estimate of drug-likeness (QED) is 0.803. The Labute approximate surface area is 117 Å². The minimum atomic E-state index is -3.47. The molecule has 0 heterocycles. The van der Waals surface area contributed by atoms with Crippen LogP contribution in [0.3, 0.4) is 0 Å². The summed E-state index contributed by atoms with van der Waals surface area (Å²) < 4.78 is 27.7. The van der Waals surface area contributed by atoms with Crippen LogP contribution >= 0.6 is 15.9 Å². The van der Waals surface area contributed by atoms with E-state index >= 15 is 0 Å². The summed E-state index contributed by atoms with van der Waals surface area (Å²) >= 11 is 3.28. The molecule has 0 amide bonds. The van der Waals surface area contributed by atoms with Crippen molar-refractivity contribution in [1.29, 1.82) is 0 Å². The van der Waals surface area contributed by atoms with Gasteiger partial charge in [-0.1, -0.05) is 35.7 Å². The number of unbranched alkanes of at least 4 members (excludes halogenated alkanes) is 1. The van der Waals surface area contributed by atoms with E-state index in [1.165, 1.54) is 0 Å². The van der Waals surface area contributed by atoms with E-state index in [4.69, 9.17) is 5.73 Å². The molecule has 0 spiro atoms. The molecule has 0 saturated heterocycles. The third-order valence-corrected chi connectivity index (χ3v) is 4.70. The predicted octanol–water partition coefficient (Wildman–Crippen LogP) is 2.24. The lowest BCUT2D eigenvalue weighted by atomic mass is 10.1. The van der Waals surface area contributed by atoms with Crippen LogP contribution in [-0.4, -0.2) is 21.0 Å². The maximum Gasteiger partial charge on any atom is 0.240 e. The van der Waals surface area contributed by atoms with Gasteiger partial charge in [0.05, 0.1) is 4.90 Å². The van der Waals surface area contributed by atoms with E-state index < -0.39 is 10.0 Å². The number of halogens is 1. The van der Waals surface area contributed by atoms with Gasteiger partial charge in [-0.05, 0) is 30.7 Å². The molecule has 0 radical (unpaired) electrons. The molecule has 0 aliphatic rings. The molecule has 0 aliphatic heterocycles. The smallest absolute Gasteiger partial charge is 0.240 e. The second-order valence-corrected chi connectivity index (χ2v) is 6.78. The fourth-order valence-corrected chi connectivity index (χ4v) is 3.12. The molecule has 6 heteroatoms. The van der Waals surface area contributed by atoms with Crippen LogP contribution < -0.4 is 10.5 Å². The van der Waals surface area contributed by atoms with Gasteiger partial charge in [-0.15, -0.1) is 0 Å². The molecule has 1 aromatic rings. The first-order valence-corrected chi connectivity index (χ1v) is 8.25. The third-order valence-electron chi connectivity index (χ3n) is 2.64. The van der Waals surface area contributed by atoms with Gasteiger partial charge in [0.2, 0.25) is 10.0 Å². The second-order valence-electron chi connectivity index (χ2n) is 4.15. The predicted molar refractivity (Wildman–Crippen MR) is 76.8 cm³/mol. The van der Waals surface area contributed by atoms with E-state index in [2.05, 4.69) is 27.6 Å². The molecular weight excluding hydrogens is 316 g/mol. The number of hydrogen-bond donors (Lipinski definition) is 2. The van der Waals surface area contributed by atoms with Crippen molar-refractivity contribution in [2.75, 3.05) is 6.54 Å². The molecule has 0 aliphatic carbocycles. The third kappa shape index (κ3) is 4.68. The SMILES string of the molecule is CCCCC(CN)NS(=O)(=O)c1ccc(Br)cc1. The molecule has 1 rings (SSSR count). The van der Waals surface area contributed by atoms with Gasteiger partial charge in [-0.25, -0.2) is 13.1 Å². The van der Waals surface area contributed by atoms with Gasteiger partial charge in [0, 0.05) is 17.1 Å². The van der Waals surface area contributed by atoms with Crippen molar-refractivity contribution in [3.8, 4) is 0 Å². The first-order chi connectivity index (χ1) is 8.49. The van der Waals surface area contributed by atoms with Crippen molar-refractivity contribution in [2.45, 2.75) is 37.1 Å². The van der Waals surface area contributed by atoms with Crippen LogP contribution in [0.4, 0.5) is 0 Å². The van der Waals surface area contributed by atoms with Crippen LogP contribution in [0.5, 0.6) is 0 Å². The summed E-state index contributed by atoms with van der Waals surface area (Å²) in [6.45, 7) is 2.38. The standard InChI is InChI=1S/C12H19BrN2O2S/c1-2-3-4-11(9-14)15-18(16,17)12-7-5-10(13)6-8-12/h5-8,11,15H,2-4,9,14H2,1H3. The minimum Gasteiger partial charge on any atom is -0.329 e. The van der Waals surface area contributed by atoms with Gasteiger partial charge in [0.1, 0.15) is 0 Å². The highest BCUT2D eigenvalue weighted by molar-refractivity contribution is 9.10. The molecule has 1 unspecified atom stereocenters. The summed E-state index contributed by atoms with van der Waals surface area (Å²) in [4.78, 5) is 0.264. The lowest BCUT2D eigenvalue weighted by Gasteiger charge is -2.16. The van der Waals surface area contributed by atoms with Crippen LogP contribution in [0, 0.1) is 0 Å². The van der Waals surface area contributed by atoms with E-state index in [-0.39, 0.29) is 10.9 Å². The van der Waals surface area contributed by atoms with Crippen molar-refractivity contribution >= 4 is 26.0 Å². The van der Waals surface area contributed by atoms with Gasteiger partial charge in [-0.3, -0.25) is 0 Å². The fourth-order valence-electron chi connectivity index (χ4n) is 1.58. The Morgan fingerprint density at radius 1 is 1.33 bits per heavy atom. The first-order valence-electron chi connectivity index (χ1n) is 5.97. The summed E-state index contributed by atoms with van der Waals surface area (Å²) in [6.07, 6.45) is 2.75. The summed E-state index contributed by atoms with van der Waals surface area (Å²) in [6, 6.07) is 6.36. The van der Waals surface area contributed by atoms with Crippen molar-refractivity contribution in [3.63, 3.8) is 0 Å². The normalized spacial score (nSPS) is 13.5. The molecule has 18 heavy (non-hydrogen) atoms. The van der Waals surface area contributed by atoms with Crippen molar-refractivity contribution in [1.82, 2.24) is 4.72 Å². The number of nitrogens with one attached hydrogen (secondary N) is 1. The average molecular weight is 335 g/mol. The van der Waals surface area contributed by atoms with E-state index in [0.29, 0.717) is 6.54 Å². The van der Waals surface area contributed by atoms with Crippen molar-refractivity contribution < 1.29 is 8.42 Å². The van der Waals surface area contributed by atoms with Gasteiger partial charge >= 0.3 is 0 Å². The molecule has 102 valence electrons. The molecule has 0 aromatic heterocycles. The molecule has 1 atom stereocenters. The number of nitrogens with two attached hydrogens (primary N) is 1. The molecular formula is C12H19BrN2O2S. The monoisotopic (exact) mass is 334 g/mol. The maximum absolute atomic E-state index is 12.1. The van der Waals surface area contributed by atoms with E-state index in [1.807, 2.05) is 0 Å². The second kappa shape index (κ2) is 7.23. The summed E-state index contributed by atoms with van der Waals surface area (Å²) in [5, 5.41) is 0. The minimum absolute atomic E-state index is 0.196. The highest BCUT2D eigenvalue weighted by Gasteiger charge is 2.18. The number of hydrogen-bond acceptors (Lipinski definition) is 3. The van der Waals surface area contributed by atoms with Gasteiger partial charge in [-0.2, -0.15) is 0 Å². The van der Waals surface area contributed by atoms with Gasteiger partial charge in [0.25, 0.3) is 0 Å². The summed E-state index contributed by atoms with van der Waals surface area (Å²) in [5.74, 6) is 0. The molecule has 1 aromatic carbocycles. The Hall–Kier alpha value is -0.430. The maximum atomic E-state index is 12.1. The Morgan fingerprint density at radius 2 is 1.94 bits per heavy atom. The Morgan fingerprint density at radius 3 is 2.44 bits per heavy atom. The molecule has 0 saturated carbocycles. The van der Waals surface area contributed by atoms with Crippen LogP contribution in [0.2, 0.25) is 0 Å². The van der Waals surface area contributed by atoms with Crippen LogP contribution in [0.25, 0.3) is 0 Å². The molecule has 0 bridgehead atoms. The zero-order valence-electron chi connectivity index (χ0n) is 10.4. The fraction of sp³-hybridized carbons (Fsp3) is 0.500. The van der Waals surface area contributed by atoms with Crippen LogP contribution in [0.15, 0.2) is 33.6 Å². The lowest BCUT2D eigenvalue weighted by molar-refractivity contribution is 0.516. The Kier molecular flexibility index (Phi) is 6.28. The zero-order valence-corrected chi connectivity index (χ0v) is 12.8. The van der Waals surface area contributed by atoms with Crippen LogP contribution in [-0.2, 0) is 10.0 Å². The lowest BCUT2D eigenvalue weighted by Crippen LogP contribution is -2.40.